The molecule has 1 aromatic carbocycles. The highest BCUT2D eigenvalue weighted by atomic mass is 79.9. The van der Waals surface area contributed by atoms with Crippen LogP contribution < -0.4 is 0 Å². The monoisotopic (exact) mass is 313 g/mol. The average molecular weight is 314 g/mol. The van der Waals surface area contributed by atoms with Gasteiger partial charge in [0.1, 0.15) is 0 Å². The third-order valence-electron chi connectivity index (χ3n) is 3.24. The molecule has 0 amide bonds. The molecule has 0 N–H and O–H groups in total. The summed E-state index contributed by atoms with van der Waals surface area (Å²) in [5.74, 6) is 0. The van der Waals surface area contributed by atoms with E-state index in [4.69, 9.17) is 0 Å². The number of rotatable bonds is 3. The first-order valence-corrected chi connectivity index (χ1v) is 6.70. The molecule has 1 heterocycles. The Bertz CT molecular complexity index is 445. The highest BCUT2D eigenvalue weighted by molar-refractivity contribution is 9.10. The number of nitro benzene ring substituents is 1. The quantitative estimate of drug-likeness (QED) is 0.633. The van der Waals surface area contributed by atoms with E-state index < -0.39 is 0 Å². The molecule has 1 fully saturated rings. The van der Waals surface area contributed by atoms with Crippen LogP contribution in [0.15, 0.2) is 22.7 Å². The molecule has 98 valence electrons. The smallest absolute Gasteiger partial charge is 0.287 e. The predicted octanol–water partition coefficient (Wildman–Crippen LogP) is 2.10. The van der Waals surface area contributed by atoms with Crippen LogP contribution in [0.4, 0.5) is 5.69 Å². The highest BCUT2D eigenvalue weighted by Gasteiger charge is 2.21. The van der Waals surface area contributed by atoms with Crippen LogP contribution >= 0.6 is 15.9 Å². The molecular weight excluding hydrogens is 298 g/mol. The molecule has 0 radical (unpaired) electrons. The maximum absolute atomic E-state index is 11.1. The van der Waals surface area contributed by atoms with Crippen LogP contribution in [0.3, 0.4) is 0 Å². The average Bonchev–Trinajstić information content (AvgIpc) is 2.32. The number of halogens is 1. The zero-order chi connectivity index (χ0) is 13.1. The van der Waals surface area contributed by atoms with Gasteiger partial charge in [0, 0.05) is 38.3 Å². The molecule has 5 nitrogen and oxygen atoms in total. The lowest BCUT2D eigenvalue weighted by molar-refractivity contribution is -0.386. The Morgan fingerprint density at radius 1 is 1.33 bits per heavy atom. The zero-order valence-corrected chi connectivity index (χ0v) is 11.9. The molecule has 0 unspecified atom stereocenters. The zero-order valence-electron chi connectivity index (χ0n) is 10.3. The minimum atomic E-state index is -0.310. The van der Waals surface area contributed by atoms with Crippen molar-refractivity contribution in [3.05, 3.63) is 38.3 Å². The number of nitro groups is 1. The number of hydrogen-bond donors (Lipinski definition) is 0. The van der Waals surface area contributed by atoms with Gasteiger partial charge in [-0.25, -0.2) is 0 Å². The van der Waals surface area contributed by atoms with Gasteiger partial charge in [0.25, 0.3) is 5.69 Å². The van der Waals surface area contributed by atoms with Crippen molar-refractivity contribution >= 4 is 21.6 Å². The third kappa shape index (κ3) is 3.07. The first-order chi connectivity index (χ1) is 8.58. The van der Waals surface area contributed by atoms with Gasteiger partial charge in [0.2, 0.25) is 0 Å². The van der Waals surface area contributed by atoms with Crippen molar-refractivity contribution in [1.29, 1.82) is 0 Å². The number of piperazine rings is 1. The summed E-state index contributed by atoms with van der Waals surface area (Å²) in [5.41, 5.74) is 0.968. The van der Waals surface area contributed by atoms with Gasteiger partial charge in [-0.2, -0.15) is 0 Å². The molecular formula is C12H16BrN3O2. The Labute approximate surface area is 115 Å². The minimum Gasteiger partial charge on any atom is -0.304 e. The van der Waals surface area contributed by atoms with E-state index in [1.807, 2.05) is 12.1 Å². The van der Waals surface area contributed by atoms with Crippen molar-refractivity contribution in [3.63, 3.8) is 0 Å². The first kappa shape index (κ1) is 13.5. The molecule has 0 atom stereocenters. The molecule has 18 heavy (non-hydrogen) atoms. The topological polar surface area (TPSA) is 49.6 Å². The lowest BCUT2D eigenvalue weighted by Gasteiger charge is -2.32. The van der Waals surface area contributed by atoms with Crippen LogP contribution in [0, 0.1) is 10.1 Å². The molecule has 0 spiro atoms. The van der Waals surface area contributed by atoms with Gasteiger partial charge in [-0.1, -0.05) is 12.1 Å². The van der Waals surface area contributed by atoms with Crippen molar-refractivity contribution < 1.29 is 4.92 Å². The summed E-state index contributed by atoms with van der Waals surface area (Å²) < 4.78 is 0.555. The number of hydrogen-bond acceptors (Lipinski definition) is 4. The Balaban J connectivity index is 2.14. The van der Waals surface area contributed by atoms with Crippen molar-refractivity contribution in [1.82, 2.24) is 9.80 Å². The number of benzene rings is 1. The van der Waals surface area contributed by atoms with Gasteiger partial charge in [-0.05, 0) is 29.0 Å². The Morgan fingerprint density at radius 3 is 2.61 bits per heavy atom. The summed E-state index contributed by atoms with van der Waals surface area (Å²) in [4.78, 5) is 15.3. The van der Waals surface area contributed by atoms with Crippen LogP contribution in [0.1, 0.15) is 5.56 Å². The Kier molecular flexibility index (Phi) is 4.31. The van der Waals surface area contributed by atoms with Gasteiger partial charge < -0.3 is 4.90 Å². The van der Waals surface area contributed by atoms with Gasteiger partial charge in [-0.3, -0.25) is 15.0 Å². The maximum Gasteiger partial charge on any atom is 0.287 e. The van der Waals surface area contributed by atoms with Crippen molar-refractivity contribution in [2.24, 2.45) is 0 Å². The van der Waals surface area contributed by atoms with Crippen molar-refractivity contribution in [2.75, 3.05) is 33.2 Å². The van der Waals surface area contributed by atoms with E-state index in [2.05, 4.69) is 32.8 Å². The normalized spacial score (nSPS) is 17.9. The molecule has 6 heteroatoms. The van der Waals surface area contributed by atoms with Crippen LogP contribution in [0.2, 0.25) is 0 Å². The van der Waals surface area contributed by atoms with Crippen LogP contribution in [-0.4, -0.2) is 47.9 Å². The van der Waals surface area contributed by atoms with Gasteiger partial charge in [0.05, 0.1) is 9.40 Å². The van der Waals surface area contributed by atoms with Crippen molar-refractivity contribution in [3.8, 4) is 0 Å². The number of para-hydroxylation sites is 1. The van der Waals surface area contributed by atoms with E-state index in [1.54, 1.807) is 6.07 Å². The molecule has 1 aromatic rings. The molecule has 0 aromatic heterocycles. The fraction of sp³-hybridized carbons (Fsp3) is 0.500. The van der Waals surface area contributed by atoms with Crippen LogP contribution in [0.25, 0.3) is 0 Å². The highest BCUT2D eigenvalue weighted by Crippen LogP contribution is 2.29. The van der Waals surface area contributed by atoms with E-state index in [0.717, 1.165) is 31.7 Å². The summed E-state index contributed by atoms with van der Waals surface area (Å²) in [6.07, 6.45) is 0. The Morgan fingerprint density at radius 2 is 2.00 bits per heavy atom. The second-order valence-electron chi connectivity index (χ2n) is 4.58. The number of likely N-dealkylation sites (N-methyl/N-ethyl adjacent to an activating group) is 1. The molecule has 1 aliphatic rings. The maximum atomic E-state index is 11.1. The summed E-state index contributed by atoms with van der Waals surface area (Å²) in [7, 11) is 2.10. The Hall–Kier alpha value is -0.980. The summed E-state index contributed by atoms with van der Waals surface area (Å²) in [5, 5.41) is 11.1. The third-order valence-corrected chi connectivity index (χ3v) is 3.88. The first-order valence-electron chi connectivity index (χ1n) is 5.90. The standard InChI is InChI=1S/C12H16BrN3O2/c1-14-5-7-15(8-6-14)9-10-3-2-4-11(13)12(10)16(17)18/h2-4H,5-9H2,1H3. The fourth-order valence-corrected chi connectivity index (χ4v) is 2.69. The van der Waals surface area contributed by atoms with Crippen LogP contribution in [0.5, 0.6) is 0 Å². The summed E-state index contributed by atoms with van der Waals surface area (Å²) in [6, 6.07) is 5.40. The fourth-order valence-electron chi connectivity index (χ4n) is 2.14. The largest absolute Gasteiger partial charge is 0.304 e. The van der Waals surface area contributed by atoms with Gasteiger partial charge in [-0.15, -0.1) is 0 Å². The molecule has 2 rings (SSSR count). The summed E-state index contributed by atoms with van der Waals surface area (Å²) in [6.45, 7) is 4.59. The van der Waals surface area contributed by atoms with E-state index in [9.17, 15) is 10.1 Å². The SMILES string of the molecule is CN1CCN(Cc2cccc(Br)c2[N+](=O)[O-])CC1. The molecule has 1 aliphatic heterocycles. The van der Waals surface area contributed by atoms with Crippen LogP contribution in [-0.2, 0) is 6.54 Å². The molecule has 0 saturated carbocycles. The lowest BCUT2D eigenvalue weighted by atomic mass is 10.1. The second kappa shape index (κ2) is 5.77. The molecule has 0 aliphatic carbocycles. The minimum absolute atomic E-state index is 0.191. The van der Waals surface area contributed by atoms with E-state index in [-0.39, 0.29) is 10.6 Å². The number of nitrogens with zero attached hydrogens (tertiary/aromatic N) is 3. The molecule has 0 bridgehead atoms. The van der Waals surface area contributed by atoms with Gasteiger partial charge in [0.15, 0.2) is 0 Å². The summed E-state index contributed by atoms with van der Waals surface area (Å²) >= 11 is 3.25. The lowest BCUT2D eigenvalue weighted by Crippen LogP contribution is -2.43. The van der Waals surface area contributed by atoms with Crippen molar-refractivity contribution in [2.45, 2.75) is 6.54 Å². The van der Waals surface area contributed by atoms with E-state index >= 15 is 0 Å². The second-order valence-corrected chi connectivity index (χ2v) is 5.44. The van der Waals surface area contributed by atoms with E-state index in [0.29, 0.717) is 11.0 Å². The molecule has 1 saturated heterocycles. The predicted molar refractivity (Wildman–Crippen MR) is 73.6 cm³/mol. The van der Waals surface area contributed by atoms with Gasteiger partial charge >= 0.3 is 0 Å². The van der Waals surface area contributed by atoms with E-state index in [1.165, 1.54) is 0 Å².